The maximum atomic E-state index is 12.8. The molecule has 1 aromatic heterocycles. The summed E-state index contributed by atoms with van der Waals surface area (Å²) >= 11 is 0. The lowest BCUT2D eigenvalue weighted by atomic mass is 9.97. The van der Waals surface area contributed by atoms with Gasteiger partial charge in [0.1, 0.15) is 11.6 Å². The van der Waals surface area contributed by atoms with Crippen LogP contribution in [0, 0.1) is 12.8 Å². The number of nitrogens with one attached hydrogen (secondary N) is 1. The first-order valence-electron chi connectivity index (χ1n) is 8.79. The smallest absolute Gasteiger partial charge is 0.243 e. The lowest BCUT2D eigenvalue weighted by Crippen LogP contribution is -2.41. The van der Waals surface area contributed by atoms with Crippen molar-refractivity contribution in [3.8, 4) is 5.75 Å². The van der Waals surface area contributed by atoms with Crippen LogP contribution >= 0.6 is 0 Å². The van der Waals surface area contributed by atoms with E-state index in [2.05, 4.69) is 10.3 Å². The number of carbonyl (C=O) groups excluding carboxylic acids is 1. The Balaban J connectivity index is 1.61. The molecule has 144 valence electrons. The highest BCUT2D eigenvalue weighted by Gasteiger charge is 2.32. The third-order valence-electron chi connectivity index (χ3n) is 4.66. The number of hydrogen-bond donors (Lipinski definition) is 1. The molecule has 0 radical (unpaired) electrons. The highest BCUT2D eigenvalue weighted by atomic mass is 32.2. The second kappa shape index (κ2) is 8.06. The molecule has 0 atom stereocenters. The van der Waals surface area contributed by atoms with Crippen LogP contribution in [-0.4, -0.2) is 43.8 Å². The standard InChI is InChI=1S/C19H23N3O4S/c1-14-4-3-5-18(20-14)21-19(23)15-10-12-22(13-11-15)27(24,25)17-8-6-16(26-2)7-9-17/h3-9,15H,10-13H2,1-2H3,(H,20,21,23). The first-order valence-corrected chi connectivity index (χ1v) is 10.2. The number of aryl methyl sites for hydroxylation is 1. The summed E-state index contributed by atoms with van der Waals surface area (Å²) in [6.45, 7) is 2.49. The maximum Gasteiger partial charge on any atom is 0.243 e. The van der Waals surface area contributed by atoms with Crippen LogP contribution in [0.4, 0.5) is 5.82 Å². The van der Waals surface area contributed by atoms with Gasteiger partial charge in [-0.15, -0.1) is 0 Å². The molecule has 2 heterocycles. The number of methoxy groups -OCH3 is 1. The van der Waals surface area contributed by atoms with Gasteiger partial charge in [-0.1, -0.05) is 6.07 Å². The number of benzene rings is 1. The number of anilines is 1. The maximum absolute atomic E-state index is 12.8. The van der Waals surface area contributed by atoms with Gasteiger partial charge in [-0.25, -0.2) is 13.4 Å². The highest BCUT2D eigenvalue weighted by Crippen LogP contribution is 2.25. The summed E-state index contributed by atoms with van der Waals surface area (Å²) < 4.78 is 32.0. The number of piperidine rings is 1. The van der Waals surface area contributed by atoms with Gasteiger partial charge < -0.3 is 10.1 Å². The van der Waals surface area contributed by atoms with Gasteiger partial charge in [0.05, 0.1) is 12.0 Å². The van der Waals surface area contributed by atoms with Crippen molar-refractivity contribution in [2.75, 3.05) is 25.5 Å². The molecule has 8 heteroatoms. The lowest BCUT2D eigenvalue weighted by molar-refractivity contribution is -0.120. The molecule has 1 saturated heterocycles. The second-order valence-corrected chi connectivity index (χ2v) is 8.45. The zero-order valence-electron chi connectivity index (χ0n) is 15.4. The molecule has 7 nitrogen and oxygen atoms in total. The predicted molar refractivity (Wildman–Crippen MR) is 102 cm³/mol. The number of nitrogens with zero attached hydrogens (tertiary/aromatic N) is 2. The van der Waals surface area contributed by atoms with Crippen LogP contribution in [-0.2, 0) is 14.8 Å². The Labute approximate surface area is 159 Å². The van der Waals surface area contributed by atoms with E-state index in [9.17, 15) is 13.2 Å². The molecule has 1 fully saturated rings. The summed E-state index contributed by atoms with van der Waals surface area (Å²) in [6, 6.07) is 11.8. The number of rotatable bonds is 5. The Bertz CT molecular complexity index is 905. The molecule has 1 aliphatic rings. The van der Waals surface area contributed by atoms with Crippen LogP contribution in [0.25, 0.3) is 0 Å². The zero-order chi connectivity index (χ0) is 19.4. The third-order valence-corrected chi connectivity index (χ3v) is 6.57. The van der Waals surface area contributed by atoms with Crippen molar-refractivity contribution in [3.63, 3.8) is 0 Å². The van der Waals surface area contributed by atoms with Gasteiger partial charge in [-0.2, -0.15) is 4.31 Å². The largest absolute Gasteiger partial charge is 0.497 e. The minimum absolute atomic E-state index is 0.116. The first-order chi connectivity index (χ1) is 12.9. The second-order valence-electron chi connectivity index (χ2n) is 6.51. The number of ether oxygens (including phenoxy) is 1. The van der Waals surface area contributed by atoms with Crippen molar-refractivity contribution in [2.24, 2.45) is 5.92 Å². The van der Waals surface area contributed by atoms with E-state index in [0.717, 1.165) is 5.69 Å². The molecule has 1 amide bonds. The van der Waals surface area contributed by atoms with Crippen LogP contribution in [0.1, 0.15) is 18.5 Å². The van der Waals surface area contributed by atoms with Crippen LogP contribution in [0.15, 0.2) is 47.4 Å². The van der Waals surface area contributed by atoms with Gasteiger partial charge in [-0.05, 0) is 56.2 Å². The molecule has 3 rings (SSSR count). The molecule has 1 aromatic carbocycles. The van der Waals surface area contributed by atoms with Gasteiger partial charge in [0.15, 0.2) is 0 Å². The average molecular weight is 389 g/mol. The summed E-state index contributed by atoms with van der Waals surface area (Å²) in [6.07, 6.45) is 0.958. The van der Waals surface area contributed by atoms with E-state index >= 15 is 0 Å². The summed E-state index contributed by atoms with van der Waals surface area (Å²) in [7, 11) is -2.03. The van der Waals surface area contributed by atoms with Crippen molar-refractivity contribution in [1.29, 1.82) is 0 Å². The molecule has 0 spiro atoms. The molecule has 1 N–H and O–H groups in total. The van der Waals surface area contributed by atoms with Gasteiger partial charge in [0.25, 0.3) is 0 Å². The Kier molecular flexibility index (Phi) is 5.76. The summed E-state index contributed by atoms with van der Waals surface area (Å²) in [4.78, 5) is 16.9. The normalized spacial score (nSPS) is 16.1. The topological polar surface area (TPSA) is 88.6 Å². The summed E-state index contributed by atoms with van der Waals surface area (Å²) in [5, 5.41) is 2.82. The van der Waals surface area contributed by atoms with E-state index in [1.807, 2.05) is 19.1 Å². The molecule has 1 aliphatic heterocycles. The minimum atomic E-state index is -3.57. The summed E-state index contributed by atoms with van der Waals surface area (Å²) in [5.41, 5.74) is 0.827. The molecular formula is C19H23N3O4S. The van der Waals surface area contributed by atoms with Crippen molar-refractivity contribution in [2.45, 2.75) is 24.7 Å². The van der Waals surface area contributed by atoms with Crippen molar-refractivity contribution in [1.82, 2.24) is 9.29 Å². The number of pyridine rings is 1. The number of amides is 1. The predicted octanol–water partition coefficient (Wildman–Crippen LogP) is 2.44. The Morgan fingerprint density at radius 3 is 2.41 bits per heavy atom. The lowest BCUT2D eigenvalue weighted by Gasteiger charge is -2.30. The molecular weight excluding hydrogens is 366 g/mol. The van der Waals surface area contributed by atoms with Crippen LogP contribution in [0.2, 0.25) is 0 Å². The molecule has 0 unspecified atom stereocenters. The molecule has 27 heavy (non-hydrogen) atoms. The quantitative estimate of drug-likeness (QED) is 0.848. The van der Waals surface area contributed by atoms with E-state index < -0.39 is 10.0 Å². The molecule has 0 aliphatic carbocycles. The van der Waals surface area contributed by atoms with Crippen molar-refractivity contribution in [3.05, 3.63) is 48.2 Å². The molecule has 0 saturated carbocycles. The van der Waals surface area contributed by atoms with Crippen LogP contribution in [0.5, 0.6) is 5.75 Å². The minimum Gasteiger partial charge on any atom is -0.497 e. The van der Waals surface area contributed by atoms with E-state index in [1.165, 1.54) is 23.5 Å². The van der Waals surface area contributed by atoms with Gasteiger partial charge >= 0.3 is 0 Å². The number of aromatic nitrogens is 1. The van der Waals surface area contributed by atoms with E-state index in [0.29, 0.717) is 37.5 Å². The van der Waals surface area contributed by atoms with E-state index in [4.69, 9.17) is 4.74 Å². The third kappa shape index (κ3) is 4.45. The fraction of sp³-hybridized carbons (Fsp3) is 0.368. The first kappa shape index (κ1) is 19.3. The Hall–Kier alpha value is -2.45. The Morgan fingerprint density at radius 2 is 1.81 bits per heavy atom. The van der Waals surface area contributed by atoms with Gasteiger partial charge in [-0.3, -0.25) is 4.79 Å². The Morgan fingerprint density at radius 1 is 1.15 bits per heavy atom. The molecule has 2 aromatic rings. The van der Waals surface area contributed by atoms with Crippen molar-refractivity contribution >= 4 is 21.7 Å². The van der Waals surface area contributed by atoms with E-state index in [1.54, 1.807) is 18.2 Å². The number of hydrogen-bond acceptors (Lipinski definition) is 5. The van der Waals surface area contributed by atoms with Gasteiger partial charge in [0, 0.05) is 24.7 Å². The van der Waals surface area contributed by atoms with Crippen LogP contribution in [0.3, 0.4) is 0 Å². The fourth-order valence-corrected chi connectivity index (χ4v) is 4.57. The SMILES string of the molecule is COc1ccc(S(=O)(=O)N2CCC(C(=O)Nc3cccc(C)n3)CC2)cc1. The van der Waals surface area contributed by atoms with Crippen molar-refractivity contribution < 1.29 is 17.9 Å². The number of sulfonamides is 1. The summed E-state index contributed by atoms with van der Waals surface area (Å²) in [5.74, 6) is 0.784. The number of carbonyl (C=O) groups is 1. The van der Waals surface area contributed by atoms with Gasteiger partial charge in [0.2, 0.25) is 15.9 Å². The zero-order valence-corrected chi connectivity index (χ0v) is 16.2. The highest BCUT2D eigenvalue weighted by molar-refractivity contribution is 7.89. The average Bonchev–Trinajstić information content (AvgIpc) is 2.68. The van der Waals surface area contributed by atoms with E-state index in [-0.39, 0.29) is 16.7 Å². The monoisotopic (exact) mass is 389 g/mol. The fourth-order valence-electron chi connectivity index (χ4n) is 3.10. The van der Waals surface area contributed by atoms with Crippen LogP contribution < -0.4 is 10.1 Å². The molecule has 0 bridgehead atoms.